The standard InChI is InChI=1S/C5H13NOS/c1-7-4-2-3-5-8-6/h2-6H2,1H3. The first-order valence-corrected chi connectivity index (χ1v) is 3.77. The van der Waals surface area contributed by atoms with Crippen LogP contribution < -0.4 is 5.14 Å². The Labute approximate surface area is 54.9 Å². The van der Waals surface area contributed by atoms with Gasteiger partial charge in [0.15, 0.2) is 0 Å². The van der Waals surface area contributed by atoms with Crippen molar-refractivity contribution in [1.29, 1.82) is 0 Å². The van der Waals surface area contributed by atoms with E-state index in [-0.39, 0.29) is 0 Å². The fraction of sp³-hybridized carbons (Fsp3) is 1.00. The minimum absolute atomic E-state index is 0.862. The van der Waals surface area contributed by atoms with E-state index in [1.54, 1.807) is 7.11 Å². The molecule has 0 saturated heterocycles. The average Bonchev–Trinajstić information content (AvgIpc) is 1.81. The highest BCUT2D eigenvalue weighted by Gasteiger charge is 1.83. The first-order chi connectivity index (χ1) is 3.91. The number of rotatable bonds is 5. The van der Waals surface area contributed by atoms with Crippen molar-refractivity contribution in [2.24, 2.45) is 5.14 Å². The van der Waals surface area contributed by atoms with Crippen LogP contribution in [0.4, 0.5) is 0 Å². The van der Waals surface area contributed by atoms with Crippen LogP contribution >= 0.6 is 11.9 Å². The highest BCUT2D eigenvalue weighted by molar-refractivity contribution is 7.97. The van der Waals surface area contributed by atoms with E-state index in [1.807, 2.05) is 0 Å². The van der Waals surface area contributed by atoms with Crippen molar-refractivity contribution in [3.05, 3.63) is 0 Å². The van der Waals surface area contributed by atoms with Gasteiger partial charge in [0.1, 0.15) is 0 Å². The molecule has 2 nitrogen and oxygen atoms in total. The van der Waals surface area contributed by atoms with Crippen LogP contribution in [0.3, 0.4) is 0 Å². The number of methoxy groups -OCH3 is 1. The van der Waals surface area contributed by atoms with Gasteiger partial charge in [0.05, 0.1) is 0 Å². The minimum Gasteiger partial charge on any atom is -0.385 e. The lowest BCUT2D eigenvalue weighted by Gasteiger charge is -1.94. The van der Waals surface area contributed by atoms with Crippen molar-refractivity contribution in [3.8, 4) is 0 Å². The summed E-state index contributed by atoms with van der Waals surface area (Å²) < 4.78 is 4.84. The van der Waals surface area contributed by atoms with Crippen LogP contribution in [0.2, 0.25) is 0 Å². The Morgan fingerprint density at radius 3 is 2.75 bits per heavy atom. The topological polar surface area (TPSA) is 35.2 Å². The summed E-state index contributed by atoms with van der Waals surface area (Å²) >= 11 is 1.40. The van der Waals surface area contributed by atoms with Crippen LogP contribution in [-0.2, 0) is 4.74 Å². The van der Waals surface area contributed by atoms with E-state index < -0.39 is 0 Å². The summed E-state index contributed by atoms with van der Waals surface area (Å²) in [5.41, 5.74) is 0. The number of ether oxygens (including phenoxy) is 1. The SMILES string of the molecule is COCCCCSN. The number of hydrogen-bond acceptors (Lipinski definition) is 3. The van der Waals surface area contributed by atoms with Gasteiger partial charge in [0.25, 0.3) is 0 Å². The molecule has 0 aromatic heterocycles. The molecule has 0 heterocycles. The molecule has 0 aromatic rings. The largest absolute Gasteiger partial charge is 0.385 e. The van der Waals surface area contributed by atoms with E-state index in [0.717, 1.165) is 25.2 Å². The molecular formula is C5H13NOS. The van der Waals surface area contributed by atoms with Crippen LogP contribution in [0.1, 0.15) is 12.8 Å². The van der Waals surface area contributed by atoms with Crippen molar-refractivity contribution >= 4 is 11.9 Å². The molecule has 3 heteroatoms. The van der Waals surface area contributed by atoms with Gasteiger partial charge in [-0.25, -0.2) is 0 Å². The summed E-state index contributed by atoms with van der Waals surface area (Å²) in [6, 6.07) is 0. The van der Waals surface area contributed by atoms with Crippen LogP contribution in [0.15, 0.2) is 0 Å². The molecule has 0 aromatic carbocycles. The number of hydrogen-bond donors (Lipinski definition) is 1. The maximum Gasteiger partial charge on any atom is 0.0462 e. The van der Waals surface area contributed by atoms with Gasteiger partial charge in [-0.15, -0.1) is 0 Å². The van der Waals surface area contributed by atoms with Gasteiger partial charge >= 0.3 is 0 Å². The smallest absolute Gasteiger partial charge is 0.0462 e. The third-order valence-electron chi connectivity index (χ3n) is 0.861. The Kier molecular flexibility index (Phi) is 7.52. The first kappa shape index (κ1) is 8.27. The summed E-state index contributed by atoms with van der Waals surface area (Å²) in [5.74, 6) is 1.04. The van der Waals surface area contributed by atoms with E-state index in [0.29, 0.717) is 0 Å². The summed E-state index contributed by atoms with van der Waals surface area (Å²) in [4.78, 5) is 0. The average molecular weight is 135 g/mol. The lowest BCUT2D eigenvalue weighted by Crippen LogP contribution is -1.91. The third-order valence-corrected chi connectivity index (χ3v) is 1.39. The zero-order valence-electron chi connectivity index (χ0n) is 5.22. The first-order valence-electron chi connectivity index (χ1n) is 2.72. The predicted octanol–water partition coefficient (Wildman–Crippen LogP) is 1.02. The molecule has 0 aliphatic carbocycles. The maximum absolute atomic E-state index is 5.19. The Balaban J connectivity index is 2.53. The second kappa shape index (κ2) is 7.27. The van der Waals surface area contributed by atoms with Gasteiger partial charge in [-0.3, -0.25) is 5.14 Å². The van der Waals surface area contributed by atoms with E-state index in [4.69, 9.17) is 9.88 Å². The monoisotopic (exact) mass is 135 g/mol. The van der Waals surface area contributed by atoms with E-state index in [1.165, 1.54) is 11.9 Å². The Hall–Kier alpha value is 0.270. The normalized spacial score (nSPS) is 9.75. The molecule has 0 amide bonds. The Bertz CT molecular complexity index is 37.4. The molecule has 0 radical (unpaired) electrons. The van der Waals surface area contributed by atoms with Gasteiger partial charge in [0.2, 0.25) is 0 Å². The molecule has 0 rings (SSSR count). The van der Waals surface area contributed by atoms with Crippen molar-refractivity contribution in [2.75, 3.05) is 19.5 Å². The second-order valence-corrected chi connectivity index (χ2v) is 2.31. The quantitative estimate of drug-likeness (QED) is 0.451. The second-order valence-electron chi connectivity index (χ2n) is 1.57. The summed E-state index contributed by atoms with van der Waals surface area (Å²) in [5, 5.41) is 5.19. The van der Waals surface area contributed by atoms with E-state index >= 15 is 0 Å². The van der Waals surface area contributed by atoms with Gasteiger partial charge in [0, 0.05) is 19.5 Å². The third kappa shape index (κ3) is 6.27. The Morgan fingerprint density at radius 1 is 1.50 bits per heavy atom. The summed E-state index contributed by atoms with van der Waals surface area (Å²) in [6.45, 7) is 0.862. The molecule has 0 aliphatic heterocycles. The molecule has 0 bridgehead atoms. The van der Waals surface area contributed by atoms with Crippen LogP contribution in [-0.4, -0.2) is 19.5 Å². The molecule has 0 fully saturated rings. The molecule has 0 unspecified atom stereocenters. The molecule has 2 N–H and O–H groups in total. The summed E-state index contributed by atoms with van der Waals surface area (Å²) in [6.07, 6.45) is 2.29. The Morgan fingerprint density at radius 2 is 2.25 bits per heavy atom. The zero-order chi connectivity index (χ0) is 6.24. The minimum atomic E-state index is 0.862. The molecule has 0 aliphatic rings. The van der Waals surface area contributed by atoms with Gasteiger partial charge in [-0.1, -0.05) is 11.9 Å². The van der Waals surface area contributed by atoms with Crippen LogP contribution in [0.5, 0.6) is 0 Å². The van der Waals surface area contributed by atoms with Crippen molar-refractivity contribution < 1.29 is 4.74 Å². The maximum atomic E-state index is 5.19. The predicted molar refractivity (Wildman–Crippen MR) is 37.8 cm³/mol. The van der Waals surface area contributed by atoms with Crippen LogP contribution in [0.25, 0.3) is 0 Å². The van der Waals surface area contributed by atoms with E-state index in [2.05, 4.69) is 0 Å². The fourth-order valence-corrected chi connectivity index (χ4v) is 0.803. The van der Waals surface area contributed by atoms with Crippen molar-refractivity contribution in [2.45, 2.75) is 12.8 Å². The van der Waals surface area contributed by atoms with Gasteiger partial charge in [-0.2, -0.15) is 0 Å². The van der Waals surface area contributed by atoms with Crippen molar-refractivity contribution in [3.63, 3.8) is 0 Å². The molecule has 50 valence electrons. The molecule has 0 atom stereocenters. The highest BCUT2D eigenvalue weighted by atomic mass is 32.2. The van der Waals surface area contributed by atoms with E-state index in [9.17, 15) is 0 Å². The van der Waals surface area contributed by atoms with Crippen LogP contribution in [0, 0.1) is 0 Å². The van der Waals surface area contributed by atoms with Gasteiger partial charge in [-0.05, 0) is 12.8 Å². The van der Waals surface area contributed by atoms with Crippen molar-refractivity contribution in [1.82, 2.24) is 0 Å². The molecule has 0 saturated carbocycles. The zero-order valence-corrected chi connectivity index (χ0v) is 6.04. The lowest BCUT2D eigenvalue weighted by molar-refractivity contribution is 0.194. The molecule has 0 spiro atoms. The number of unbranched alkanes of at least 4 members (excludes halogenated alkanes) is 1. The fourth-order valence-electron chi connectivity index (χ4n) is 0.432. The molecule has 8 heavy (non-hydrogen) atoms. The highest BCUT2D eigenvalue weighted by Crippen LogP contribution is 1.94. The lowest BCUT2D eigenvalue weighted by atomic mass is 10.4. The molecular weight excluding hydrogens is 122 g/mol. The van der Waals surface area contributed by atoms with Gasteiger partial charge < -0.3 is 4.74 Å². The summed E-state index contributed by atoms with van der Waals surface area (Å²) in [7, 11) is 1.72. The number of nitrogens with two attached hydrogens (primary N) is 1.